The topological polar surface area (TPSA) is 85.8 Å². The summed E-state index contributed by atoms with van der Waals surface area (Å²) in [5.41, 5.74) is 5.36. The maximum absolute atomic E-state index is 11.8. The summed E-state index contributed by atoms with van der Waals surface area (Å²) in [6.07, 6.45) is 5.44. The second-order valence-corrected chi connectivity index (χ2v) is 9.02. The van der Waals surface area contributed by atoms with Crippen molar-refractivity contribution >= 4 is 28.6 Å². The highest BCUT2D eigenvalue weighted by Gasteiger charge is 2.18. The summed E-state index contributed by atoms with van der Waals surface area (Å²) in [6.45, 7) is 6.11. The van der Waals surface area contributed by atoms with Gasteiger partial charge in [-0.3, -0.25) is 9.79 Å². The Bertz CT molecular complexity index is 1430. The minimum absolute atomic E-state index is 0.0331. The van der Waals surface area contributed by atoms with Crippen molar-refractivity contribution in [1.82, 2.24) is 14.2 Å². The highest BCUT2D eigenvalue weighted by molar-refractivity contribution is 7.07. The van der Waals surface area contributed by atoms with Gasteiger partial charge >= 0.3 is 0 Å². The number of nitrogens with one attached hydrogen (secondary N) is 1. The van der Waals surface area contributed by atoms with E-state index in [2.05, 4.69) is 10.3 Å². The van der Waals surface area contributed by atoms with Gasteiger partial charge in [0.1, 0.15) is 5.75 Å². The van der Waals surface area contributed by atoms with Crippen molar-refractivity contribution in [2.24, 2.45) is 10.1 Å². The van der Waals surface area contributed by atoms with Crippen LogP contribution in [0, 0.1) is 0 Å². The van der Waals surface area contributed by atoms with Gasteiger partial charge in [0.05, 0.1) is 23.4 Å². The number of aromatic nitrogens is 3. The van der Waals surface area contributed by atoms with E-state index in [4.69, 9.17) is 14.8 Å². The molecule has 34 heavy (non-hydrogen) atoms. The Morgan fingerprint density at radius 2 is 2.03 bits per heavy atom. The van der Waals surface area contributed by atoms with Crippen molar-refractivity contribution in [2.45, 2.75) is 26.8 Å². The van der Waals surface area contributed by atoms with Gasteiger partial charge in [0.15, 0.2) is 6.61 Å². The van der Waals surface area contributed by atoms with Crippen LogP contribution in [0.2, 0.25) is 0 Å². The maximum Gasteiger partial charge on any atom is 0.262 e. The van der Waals surface area contributed by atoms with Crippen LogP contribution in [0.4, 0.5) is 5.69 Å². The fourth-order valence-electron chi connectivity index (χ4n) is 3.64. The van der Waals surface area contributed by atoms with Crippen molar-refractivity contribution in [1.29, 1.82) is 0 Å². The van der Waals surface area contributed by atoms with E-state index in [-0.39, 0.29) is 18.6 Å². The first-order chi connectivity index (χ1) is 16.5. The summed E-state index contributed by atoms with van der Waals surface area (Å²) in [5.74, 6) is 0.501. The SMILES string of the molecule is CC(=Nn1c(-c2ccc3c(c2)NC(=O)CO3)csc1=NC(C)C)c1ccc(-n2ccnc2)cc1. The number of hydrogen-bond acceptors (Lipinski definition) is 6. The Morgan fingerprint density at radius 1 is 1.21 bits per heavy atom. The van der Waals surface area contributed by atoms with Crippen LogP contribution in [0.1, 0.15) is 26.3 Å². The zero-order valence-corrected chi connectivity index (χ0v) is 19.9. The summed E-state index contributed by atoms with van der Waals surface area (Å²) >= 11 is 1.54. The molecule has 1 N–H and O–H groups in total. The molecule has 0 fully saturated rings. The Hall–Kier alpha value is -3.98. The summed E-state index contributed by atoms with van der Waals surface area (Å²) in [6, 6.07) is 14.1. The molecule has 172 valence electrons. The number of amides is 1. The highest BCUT2D eigenvalue weighted by atomic mass is 32.1. The fraction of sp³-hybridized carbons (Fsp3) is 0.200. The second-order valence-electron chi connectivity index (χ2n) is 8.19. The lowest BCUT2D eigenvalue weighted by molar-refractivity contribution is -0.118. The van der Waals surface area contributed by atoms with E-state index < -0.39 is 0 Å². The molecular weight excluding hydrogens is 448 g/mol. The van der Waals surface area contributed by atoms with Gasteiger partial charge in [-0.25, -0.2) is 9.66 Å². The molecule has 0 saturated heterocycles. The lowest BCUT2D eigenvalue weighted by Crippen LogP contribution is -2.25. The van der Waals surface area contributed by atoms with Crippen LogP contribution in [-0.4, -0.2) is 38.5 Å². The molecule has 1 aliphatic rings. The number of thiazole rings is 1. The second kappa shape index (κ2) is 9.11. The van der Waals surface area contributed by atoms with Crippen LogP contribution >= 0.6 is 11.3 Å². The Labute approximate surface area is 200 Å². The first-order valence-electron chi connectivity index (χ1n) is 10.9. The Balaban J connectivity index is 1.55. The molecule has 9 heteroatoms. The first kappa shape index (κ1) is 21.8. The number of anilines is 1. The molecule has 4 aromatic rings. The number of benzene rings is 2. The number of ether oxygens (including phenoxy) is 1. The molecule has 1 aliphatic heterocycles. The molecule has 0 bridgehead atoms. The third-order valence-corrected chi connectivity index (χ3v) is 6.13. The van der Waals surface area contributed by atoms with E-state index in [0.29, 0.717) is 11.4 Å². The molecular formula is C25H24N6O2S. The smallest absolute Gasteiger partial charge is 0.262 e. The molecule has 1 amide bonds. The van der Waals surface area contributed by atoms with Crippen molar-refractivity contribution < 1.29 is 9.53 Å². The van der Waals surface area contributed by atoms with Crippen molar-refractivity contribution in [3.05, 3.63) is 76.9 Å². The highest BCUT2D eigenvalue weighted by Crippen LogP contribution is 2.33. The van der Waals surface area contributed by atoms with E-state index in [1.54, 1.807) is 12.5 Å². The standard InChI is InChI=1S/C25H24N6O2S/c1-16(2)27-25-31(29-17(3)18-4-7-20(8-5-18)30-11-10-26-15-30)22(14-34-25)19-6-9-23-21(12-19)28-24(32)13-33-23/h4-12,14-16H,13H2,1-3H3,(H,28,32). The van der Waals surface area contributed by atoms with Crippen LogP contribution in [-0.2, 0) is 4.79 Å². The van der Waals surface area contributed by atoms with E-state index in [9.17, 15) is 4.79 Å². The van der Waals surface area contributed by atoms with E-state index in [1.807, 2.05) is 84.1 Å². The predicted octanol–water partition coefficient (Wildman–Crippen LogP) is 4.31. The van der Waals surface area contributed by atoms with Crippen LogP contribution in [0.3, 0.4) is 0 Å². The molecule has 3 heterocycles. The van der Waals surface area contributed by atoms with Gasteiger partial charge in [-0.15, -0.1) is 11.3 Å². The van der Waals surface area contributed by atoms with E-state index >= 15 is 0 Å². The lowest BCUT2D eigenvalue weighted by Gasteiger charge is -2.18. The van der Waals surface area contributed by atoms with Crippen molar-refractivity contribution in [2.75, 3.05) is 11.9 Å². The van der Waals surface area contributed by atoms with Crippen molar-refractivity contribution in [3.8, 4) is 22.7 Å². The maximum atomic E-state index is 11.8. The van der Waals surface area contributed by atoms with Crippen LogP contribution in [0.15, 0.2) is 76.7 Å². The van der Waals surface area contributed by atoms with Crippen LogP contribution in [0.5, 0.6) is 5.75 Å². The fourth-order valence-corrected chi connectivity index (χ4v) is 4.60. The van der Waals surface area contributed by atoms with Crippen LogP contribution in [0.25, 0.3) is 16.9 Å². The van der Waals surface area contributed by atoms with Crippen molar-refractivity contribution in [3.63, 3.8) is 0 Å². The number of hydrogen-bond donors (Lipinski definition) is 1. The molecule has 0 unspecified atom stereocenters. The van der Waals surface area contributed by atoms with Gasteiger partial charge in [-0.2, -0.15) is 5.10 Å². The largest absolute Gasteiger partial charge is 0.482 e. The average molecular weight is 473 g/mol. The van der Waals surface area contributed by atoms with Gasteiger partial charge in [0, 0.05) is 35.1 Å². The van der Waals surface area contributed by atoms with E-state index in [1.165, 1.54) is 11.3 Å². The molecule has 0 spiro atoms. The number of rotatable bonds is 5. The molecule has 0 saturated carbocycles. The third kappa shape index (κ3) is 4.42. The predicted molar refractivity (Wildman–Crippen MR) is 134 cm³/mol. The number of fused-ring (bicyclic) bond motifs is 1. The Kier molecular flexibility index (Phi) is 5.85. The number of imidazole rings is 1. The molecule has 8 nitrogen and oxygen atoms in total. The summed E-state index contributed by atoms with van der Waals surface area (Å²) in [4.78, 5) is 21.5. The molecule has 0 atom stereocenters. The molecule has 2 aromatic carbocycles. The van der Waals surface area contributed by atoms with E-state index in [0.717, 1.165) is 33.0 Å². The quantitative estimate of drug-likeness (QED) is 0.439. The first-order valence-corrected chi connectivity index (χ1v) is 11.8. The normalized spacial score (nSPS) is 14.2. The summed E-state index contributed by atoms with van der Waals surface area (Å²) in [7, 11) is 0. The third-order valence-electron chi connectivity index (χ3n) is 5.30. The van der Waals surface area contributed by atoms with Gasteiger partial charge < -0.3 is 14.6 Å². The average Bonchev–Trinajstić information content (AvgIpc) is 3.49. The zero-order chi connectivity index (χ0) is 23.7. The number of nitrogens with zero attached hydrogens (tertiary/aromatic N) is 5. The lowest BCUT2D eigenvalue weighted by atomic mass is 10.1. The molecule has 0 radical (unpaired) electrons. The number of carbonyl (C=O) groups is 1. The minimum Gasteiger partial charge on any atom is -0.482 e. The molecule has 5 rings (SSSR count). The van der Waals surface area contributed by atoms with Gasteiger partial charge in [-0.1, -0.05) is 12.1 Å². The van der Waals surface area contributed by atoms with Gasteiger partial charge in [-0.05, 0) is 56.7 Å². The summed E-state index contributed by atoms with van der Waals surface area (Å²) < 4.78 is 9.34. The zero-order valence-electron chi connectivity index (χ0n) is 19.1. The number of carbonyl (C=O) groups excluding carboxylic acids is 1. The molecule has 2 aromatic heterocycles. The minimum atomic E-state index is -0.161. The Morgan fingerprint density at radius 3 is 2.76 bits per heavy atom. The summed E-state index contributed by atoms with van der Waals surface area (Å²) in [5, 5.41) is 9.86. The van der Waals surface area contributed by atoms with Crippen LogP contribution < -0.4 is 14.9 Å². The van der Waals surface area contributed by atoms with Gasteiger partial charge in [0.2, 0.25) is 4.80 Å². The monoisotopic (exact) mass is 472 g/mol. The van der Waals surface area contributed by atoms with Gasteiger partial charge in [0.25, 0.3) is 5.91 Å². The molecule has 0 aliphatic carbocycles.